The third kappa shape index (κ3) is 4.03. The van der Waals surface area contributed by atoms with E-state index in [0.29, 0.717) is 39.1 Å². The first-order valence-corrected chi connectivity index (χ1v) is 9.50. The van der Waals surface area contributed by atoms with Crippen molar-refractivity contribution in [3.8, 4) is 0 Å². The van der Waals surface area contributed by atoms with Crippen LogP contribution in [0.3, 0.4) is 0 Å². The third-order valence-corrected chi connectivity index (χ3v) is 5.45. The van der Waals surface area contributed by atoms with E-state index >= 15 is 0 Å². The number of anilines is 2. The second-order valence-corrected chi connectivity index (χ2v) is 7.08. The number of aromatic nitrogens is 2. The van der Waals surface area contributed by atoms with E-state index in [1.165, 1.54) is 6.07 Å². The first-order valence-electron chi connectivity index (χ1n) is 9.50. The van der Waals surface area contributed by atoms with Crippen LogP contribution in [0.25, 0.3) is 0 Å². The average Bonchev–Trinajstić information content (AvgIpc) is 2.74. The standard InChI is InChI=1S/C20H24F2N4O/c21-17-4-2-1-3-16(17)20(22)15-5-7-25(8-6-15)18-13-19(24-14-23-18)26-9-11-27-12-10-26/h1-4,13-15,20H,5-12H2/t20-/m0/s1. The van der Waals surface area contributed by atoms with Gasteiger partial charge in [0.15, 0.2) is 0 Å². The van der Waals surface area contributed by atoms with Crippen LogP contribution in [0.15, 0.2) is 36.7 Å². The zero-order valence-electron chi connectivity index (χ0n) is 15.2. The highest BCUT2D eigenvalue weighted by Gasteiger charge is 2.30. The predicted octanol–water partition coefficient (Wildman–Crippen LogP) is 3.38. The molecule has 0 amide bonds. The molecule has 2 aromatic rings. The molecule has 2 fully saturated rings. The number of morpholine rings is 1. The lowest BCUT2D eigenvalue weighted by Crippen LogP contribution is -2.38. The van der Waals surface area contributed by atoms with Crippen LogP contribution < -0.4 is 9.80 Å². The predicted molar refractivity (Wildman–Crippen MR) is 100 cm³/mol. The third-order valence-electron chi connectivity index (χ3n) is 5.45. The van der Waals surface area contributed by atoms with Crippen LogP contribution in [0.1, 0.15) is 24.6 Å². The normalized spacial score (nSPS) is 19.9. The molecule has 27 heavy (non-hydrogen) atoms. The Bertz CT molecular complexity index is 761. The van der Waals surface area contributed by atoms with Gasteiger partial charge in [-0.15, -0.1) is 0 Å². The molecule has 0 spiro atoms. The lowest BCUT2D eigenvalue weighted by atomic mass is 9.88. The fourth-order valence-corrected chi connectivity index (χ4v) is 3.85. The van der Waals surface area contributed by atoms with Crippen LogP contribution in [0.5, 0.6) is 0 Å². The van der Waals surface area contributed by atoms with E-state index in [-0.39, 0.29) is 11.5 Å². The van der Waals surface area contributed by atoms with Gasteiger partial charge in [-0.3, -0.25) is 0 Å². The maximum Gasteiger partial charge on any atom is 0.134 e. The molecule has 7 heteroatoms. The van der Waals surface area contributed by atoms with Crippen molar-refractivity contribution in [3.05, 3.63) is 48.0 Å². The van der Waals surface area contributed by atoms with Crippen molar-refractivity contribution >= 4 is 11.6 Å². The van der Waals surface area contributed by atoms with Gasteiger partial charge in [0.05, 0.1) is 13.2 Å². The van der Waals surface area contributed by atoms with E-state index in [2.05, 4.69) is 19.8 Å². The number of alkyl halides is 1. The molecular weight excluding hydrogens is 350 g/mol. The minimum Gasteiger partial charge on any atom is -0.378 e. The van der Waals surface area contributed by atoms with E-state index in [0.717, 1.165) is 24.7 Å². The molecule has 1 aromatic carbocycles. The van der Waals surface area contributed by atoms with Crippen LogP contribution in [0.4, 0.5) is 20.4 Å². The van der Waals surface area contributed by atoms with Crippen molar-refractivity contribution in [2.24, 2.45) is 5.92 Å². The van der Waals surface area contributed by atoms with E-state index in [1.54, 1.807) is 24.5 Å². The summed E-state index contributed by atoms with van der Waals surface area (Å²) < 4.78 is 34.1. The molecule has 0 N–H and O–H groups in total. The summed E-state index contributed by atoms with van der Waals surface area (Å²) in [5.41, 5.74) is 0.174. The van der Waals surface area contributed by atoms with Crippen molar-refractivity contribution in [2.45, 2.75) is 19.0 Å². The fraction of sp³-hybridized carbons (Fsp3) is 0.500. The van der Waals surface area contributed by atoms with Gasteiger partial charge in [0, 0.05) is 37.8 Å². The smallest absolute Gasteiger partial charge is 0.134 e. The number of piperidine rings is 1. The first-order chi connectivity index (χ1) is 13.2. The molecule has 0 radical (unpaired) electrons. The largest absolute Gasteiger partial charge is 0.378 e. The van der Waals surface area contributed by atoms with Gasteiger partial charge in [0.1, 0.15) is 30.0 Å². The quantitative estimate of drug-likeness (QED) is 0.821. The van der Waals surface area contributed by atoms with Crippen LogP contribution in [0, 0.1) is 11.7 Å². The van der Waals surface area contributed by atoms with Crippen molar-refractivity contribution in [2.75, 3.05) is 49.2 Å². The van der Waals surface area contributed by atoms with E-state index < -0.39 is 12.0 Å². The number of benzene rings is 1. The summed E-state index contributed by atoms with van der Waals surface area (Å²) in [6.07, 6.45) is 1.67. The Morgan fingerprint density at radius 3 is 2.26 bits per heavy atom. The molecule has 0 bridgehead atoms. The highest BCUT2D eigenvalue weighted by Crippen LogP contribution is 2.36. The van der Waals surface area contributed by atoms with E-state index in [9.17, 15) is 8.78 Å². The number of hydrogen-bond donors (Lipinski definition) is 0. The van der Waals surface area contributed by atoms with Crippen LogP contribution >= 0.6 is 0 Å². The topological polar surface area (TPSA) is 41.5 Å². The lowest BCUT2D eigenvalue weighted by molar-refractivity contribution is 0.122. The van der Waals surface area contributed by atoms with Crippen molar-refractivity contribution in [3.63, 3.8) is 0 Å². The van der Waals surface area contributed by atoms with Gasteiger partial charge in [-0.2, -0.15) is 0 Å². The molecule has 2 aliphatic rings. The molecule has 3 heterocycles. The monoisotopic (exact) mass is 374 g/mol. The maximum absolute atomic E-state index is 14.8. The minimum atomic E-state index is -1.26. The number of rotatable bonds is 4. The summed E-state index contributed by atoms with van der Waals surface area (Å²) in [5, 5.41) is 0. The zero-order chi connectivity index (χ0) is 18.6. The number of hydrogen-bond acceptors (Lipinski definition) is 5. The van der Waals surface area contributed by atoms with Gasteiger partial charge in [-0.1, -0.05) is 18.2 Å². The molecule has 0 saturated carbocycles. The second-order valence-electron chi connectivity index (χ2n) is 7.08. The molecule has 5 nitrogen and oxygen atoms in total. The van der Waals surface area contributed by atoms with Gasteiger partial charge in [0.25, 0.3) is 0 Å². The van der Waals surface area contributed by atoms with Crippen molar-refractivity contribution in [1.29, 1.82) is 0 Å². The average molecular weight is 374 g/mol. The number of ether oxygens (including phenoxy) is 1. The Morgan fingerprint density at radius 2 is 1.59 bits per heavy atom. The van der Waals surface area contributed by atoms with Crippen LogP contribution in [-0.2, 0) is 4.74 Å². The molecule has 2 saturated heterocycles. The zero-order valence-corrected chi connectivity index (χ0v) is 15.2. The Balaban J connectivity index is 1.40. The summed E-state index contributed by atoms with van der Waals surface area (Å²) in [6, 6.07) is 8.15. The molecule has 0 aliphatic carbocycles. The summed E-state index contributed by atoms with van der Waals surface area (Å²) in [5.74, 6) is 1.14. The first kappa shape index (κ1) is 18.1. The lowest BCUT2D eigenvalue weighted by Gasteiger charge is -2.35. The maximum atomic E-state index is 14.8. The number of halogens is 2. The highest BCUT2D eigenvalue weighted by molar-refractivity contribution is 5.50. The molecule has 1 atom stereocenters. The molecule has 4 rings (SSSR count). The second kappa shape index (κ2) is 8.17. The highest BCUT2D eigenvalue weighted by atomic mass is 19.1. The van der Waals surface area contributed by atoms with E-state index in [1.807, 2.05) is 6.07 Å². The summed E-state index contributed by atoms with van der Waals surface area (Å²) >= 11 is 0. The Labute approximate surface area is 158 Å². The van der Waals surface area contributed by atoms with Crippen molar-refractivity contribution < 1.29 is 13.5 Å². The van der Waals surface area contributed by atoms with Gasteiger partial charge in [-0.05, 0) is 24.8 Å². The molecule has 1 aromatic heterocycles. The van der Waals surface area contributed by atoms with Crippen molar-refractivity contribution in [1.82, 2.24) is 9.97 Å². The van der Waals surface area contributed by atoms with Gasteiger partial charge >= 0.3 is 0 Å². The summed E-state index contributed by atoms with van der Waals surface area (Å²) in [7, 11) is 0. The van der Waals surface area contributed by atoms with Gasteiger partial charge in [0.2, 0.25) is 0 Å². The summed E-state index contributed by atoms with van der Waals surface area (Å²) in [4.78, 5) is 13.1. The molecular formula is C20H24F2N4O. The Morgan fingerprint density at radius 1 is 0.963 bits per heavy atom. The summed E-state index contributed by atoms with van der Waals surface area (Å²) in [6.45, 7) is 4.48. The Hall–Kier alpha value is -2.28. The van der Waals surface area contributed by atoms with Crippen LogP contribution in [-0.4, -0.2) is 49.4 Å². The number of nitrogens with zero attached hydrogens (tertiary/aromatic N) is 4. The van der Waals surface area contributed by atoms with Gasteiger partial charge < -0.3 is 14.5 Å². The molecule has 0 unspecified atom stereocenters. The fourth-order valence-electron chi connectivity index (χ4n) is 3.85. The minimum absolute atomic E-state index is 0.168. The van der Waals surface area contributed by atoms with Crippen LogP contribution in [0.2, 0.25) is 0 Å². The Kier molecular flexibility index (Phi) is 5.48. The van der Waals surface area contributed by atoms with E-state index in [4.69, 9.17) is 4.74 Å². The van der Waals surface area contributed by atoms with Gasteiger partial charge in [-0.25, -0.2) is 18.7 Å². The SMILES string of the molecule is Fc1ccccc1[C@@H](F)C1CCN(c2cc(N3CCOCC3)ncn2)CC1. The molecule has 144 valence electrons. The molecule has 2 aliphatic heterocycles.